The molecule has 2 heterocycles. The van der Waals surface area contributed by atoms with Gasteiger partial charge in [0.05, 0.1) is 11.0 Å². The van der Waals surface area contributed by atoms with Crippen LogP contribution in [0.25, 0.3) is 11.0 Å². The molecule has 1 aromatic carbocycles. The van der Waals surface area contributed by atoms with Gasteiger partial charge in [-0.2, -0.15) is 0 Å². The molecule has 0 atom stereocenters. The normalized spacial score (nSPS) is 19.6. The molecule has 0 saturated carbocycles. The first-order valence-corrected chi connectivity index (χ1v) is 6.35. The molecule has 1 aliphatic rings. The van der Waals surface area contributed by atoms with Crippen LogP contribution in [-0.2, 0) is 5.41 Å². The number of aryl methyl sites for hydroxylation is 1. The Morgan fingerprint density at radius 1 is 1.24 bits per heavy atom. The number of H-pyrrole nitrogens is 1. The van der Waals surface area contributed by atoms with Crippen LogP contribution in [0, 0.1) is 6.92 Å². The van der Waals surface area contributed by atoms with Crippen LogP contribution >= 0.6 is 0 Å². The molecule has 2 aromatic rings. The first kappa shape index (κ1) is 10.8. The first-order valence-electron chi connectivity index (χ1n) is 6.35. The van der Waals surface area contributed by atoms with Crippen LogP contribution in [0.4, 0.5) is 0 Å². The minimum absolute atomic E-state index is 0.207. The van der Waals surface area contributed by atoms with E-state index in [4.69, 9.17) is 4.98 Å². The second kappa shape index (κ2) is 3.84. The molecule has 0 bridgehead atoms. The zero-order valence-electron chi connectivity index (χ0n) is 10.5. The van der Waals surface area contributed by atoms with Gasteiger partial charge in [-0.15, -0.1) is 0 Å². The summed E-state index contributed by atoms with van der Waals surface area (Å²) in [4.78, 5) is 8.27. The molecular weight excluding hydrogens is 210 g/mol. The molecule has 3 nitrogen and oxygen atoms in total. The smallest absolute Gasteiger partial charge is 0.113 e. The van der Waals surface area contributed by atoms with Crippen molar-refractivity contribution in [1.29, 1.82) is 0 Å². The highest BCUT2D eigenvalue weighted by Gasteiger charge is 2.31. The maximum atomic E-state index is 4.77. The van der Waals surface area contributed by atoms with E-state index in [0.717, 1.165) is 37.3 Å². The van der Waals surface area contributed by atoms with Gasteiger partial charge in [-0.25, -0.2) is 4.98 Å². The number of nitrogens with one attached hydrogen (secondary N) is 2. The summed E-state index contributed by atoms with van der Waals surface area (Å²) in [6.45, 7) is 6.61. The van der Waals surface area contributed by atoms with E-state index in [1.807, 2.05) is 0 Å². The summed E-state index contributed by atoms with van der Waals surface area (Å²) >= 11 is 0. The summed E-state index contributed by atoms with van der Waals surface area (Å²) in [5.74, 6) is 1.15. The van der Waals surface area contributed by atoms with E-state index in [1.54, 1.807) is 0 Å². The standard InChI is InChI=1S/C14H19N3/c1-10-3-4-11-12(9-10)17-13(16-11)14(2)5-7-15-8-6-14/h3-4,9,15H,5-8H2,1-2H3,(H,16,17). The van der Waals surface area contributed by atoms with Crippen molar-refractivity contribution in [2.24, 2.45) is 0 Å². The molecule has 1 saturated heterocycles. The number of hydrogen-bond donors (Lipinski definition) is 2. The van der Waals surface area contributed by atoms with Crippen LogP contribution in [-0.4, -0.2) is 23.1 Å². The molecular formula is C14H19N3. The van der Waals surface area contributed by atoms with Gasteiger partial charge in [-0.05, 0) is 50.6 Å². The highest BCUT2D eigenvalue weighted by molar-refractivity contribution is 5.76. The molecule has 0 unspecified atom stereocenters. The van der Waals surface area contributed by atoms with Gasteiger partial charge in [0.15, 0.2) is 0 Å². The van der Waals surface area contributed by atoms with Gasteiger partial charge in [-0.1, -0.05) is 13.0 Å². The van der Waals surface area contributed by atoms with Crippen LogP contribution in [0.2, 0.25) is 0 Å². The predicted molar refractivity (Wildman–Crippen MR) is 70.3 cm³/mol. The average Bonchev–Trinajstić information content (AvgIpc) is 2.73. The van der Waals surface area contributed by atoms with E-state index < -0.39 is 0 Å². The molecule has 0 aliphatic carbocycles. The monoisotopic (exact) mass is 229 g/mol. The maximum Gasteiger partial charge on any atom is 0.113 e. The highest BCUT2D eigenvalue weighted by atomic mass is 15.0. The van der Waals surface area contributed by atoms with Gasteiger partial charge in [0.2, 0.25) is 0 Å². The lowest BCUT2D eigenvalue weighted by Crippen LogP contribution is -2.38. The zero-order chi connectivity index (χ0) is 11.9. The third kappa shape index (κ3) is 1.84. The van der Waals surface area contributed by atoms with E-state index in [9.17, 15) is 0 Å². The van der Waals surface area contributed by atoms with Gasteiger partial charge in [0, 0.05) is 5.41 Å². The number of benzene rings is 1. The lowest BCUT2D eigenvalue weighted by molar-refractivity contribution is 0.321. The number of aromatic amines is 1. The van der Waals surface area contributed by atoms with Crippen molar-refractivity contribution in [3.05, 3.63) is 29.6 Å². The molecule has 0 spiro atoms. The SMILES string of the molecule is Cc1ccc2nc(C3(C)CCNCC3)[nH]c2c1. The van der Waals surface area contributed by atoms with E-state index in [-0.39, 0.29) is 5.41 Å². The Hall–Kier alpha value is -1.35. The van der Waals surface area contributed by atoms with Crippen LogP contribution in [0.1, 0.15) is 31.2 Å². The molecule has 1 aliphatic heterocycles. The summed E-state index contributed by atoms with van der Waals surface area (Å²) in [6, 6.07) is 6.41. The Labute approximate surface area is 102 Å². The van der Waals surface area contributed by atoms with Crippen LogP contribution in [0.3, 0.4) is 0 Å². The molecule has 3 heteroatoms. The second-order valence-electron chi connectivity index (χ2n) is 5.42. The minimum Gasteiger partial charge on any atom is -0.342 e. The molecule has 17 heavy (non-hydrogen) atoms. The van der Waals surface area contributed by atoms with Crippen molar-refractivity contribution in [2.45, 2.75) is 32.1 Å². The number of nitrogens with zero attached hydrogens (tertiary/aromatic N) is 1. The van der Waals surface area contributed by atoms with E-state index in [0.29, 0.717) is 0 Å². The Kier molecular flexibility index (Phi) is 2.44. The van der Waals surface area contributed by atoms with E-state index in [1.165, 1.54) is 11.1 Å². The van der Waals surface area contributed by atoms with Crippen molar-refractivity contribution in [3.8, 4) is 0 Å². The van der Waals surface area contributed by atoms with Gasteiger partial charge >= 0.3 is 0 Å². The quantitative estimate of drug-likeness (QED) is 0.789. The summed E-state index contributed by atoms with van der Waals surface area (Å²) in [5, 5.41) is 3.41. The van der Waals surface area contributed by atoms with E-state index in [2.05, 4.69) is 42.3 Å². The zero-order valence-corrected chi connectivity index (χ0v) is 10.5. The predicted octanol–water partition coefficient (Wildman–Crippen LogP) is 2.51. The maximum absolute atomic E-state index is 4.77. The largest absolute Gasteiger partial charge is 0.342 e. The Balaban J connectivity index is 2.05. The molecule has 2 N–H and O–H groups in total. The molecule has 0 radical (unpaired) electrons. The number of rotatable bonds is 1. The Morgan fingerprint density at radius 3 is 2.76 bits per heavy atom. The minimum atomic E-state index is 0.207. The van der Waals surface area contributed by atoms with Crippen molar-refractivity contribution < 1.29 is 0 Å². The molecule has 1 fully saturated rings. The van der Waals surface area contributed by atoms with Crippen molar-refractivity contribution in [1.82, 2.24) is 15.3 Å². The Bertz CT molecular complexity index is 535. The van der Waals surface area contributed by atoms with Gasteiger partial charge in [0.25, 0.3) is 0 Å². The summed E-state index contributed by atoms with van der Waals surface area (Å²) in [6.07, 6.45) is 2.32. The van der Waals surface area contributed by atoms with Gasteiger partial charge in [0.1, 0.15) is 5.82 Å². The highest BCUT2D eigenvalue weighted by Crippen LogP contribution is 2.32. The summed E-state index contributed by atoms with van der Waals surface area (Å²) < 4.78 is 0. The van der Waals surface area contributed by atoms with Gasteiger partial charge < -0.3 is 10.3 Å². The number of piperidine rings is 1. The topological polar surface area (TPSA) is 40.7 Å². The number of aromatic nitrogens is 2. The fraction of sp³-hybridized carbons (Fsp3) is 0.500. The third-order valence-electron chi connectivity index (χ3n) is 3.92. The van der Waals surface area contributed by atoms with Crippen molar-refractivity contribution >= 4 is 11.0 Å². The lowest BCUT2D eigenvalue weighted by atomic mass is 9.80. The van der Waals surface area contributed by atoms with Crippen LogP contribution in [0.15, 0.2) is 18.2 Å². The van der Waals surface area contributed by atoms with Gasteiger partial charge in [-0.3, -0.25) is 0 Å². The number of hydrogen-bond acceptors (Lipinski definition) is 2. The second-order valence-corrected chi connectivity index (χ2v) is 5.42. The van der Waals surface area contributed by atoms with Crippen molar-refractivity contribution in [2.75, 3.05) is 13.1 Å². The van der Waals surface area contributed by atoms with Crippen LogP contribution < -0.4 is 5.32 Å². The lowest BCUT2D eigenvalue weighted by Gasteiger charge is -2.32. The summed E-state index contributed by atoms with van der Waals surface area (Å²) in [5.41, 5.74) is 3.74. The van der Waals surface area contributed by atoms with E-state index >= 15 is 0 Å². The number of fused-ring (bicyclic) bond motifs is 1. The molecule has 1 aromatic heterocycles. The molecule has 0 amide bonds. The molecule has 3 rings (SSSR count). The first-order chi connectivity index (χ1) is 8.17. The third-order valence-corrected chi connectivity index (χ3v) is 3.92. The van der Waals surface area contributed by atoms with Crippen molar-refractivity contribution in [3.63, 3.8) is 0 Å². The summed E-state index contributed by atoms with van der Waals surface area (Å²) in [7, 11) is 0. The number of imidazole rings is 1. The fourth-order valence-electron chi connectivity index (χ4n) is 2.62. The Morgan fingerprint density at radius 2 is 2.00 bits per heavy atom. The van der Waals surface area contributed by atoms with Crippen LogP contribution in [0.5, 0.6) is 0 Å². The molecule has 90 valence electrons. The average molecular weight is 229 g/mol. The fourth-order valence-corrected chi connectivity index (χ4v) is 2.62.